The highest BCUT2D eigenvalue weighted by Gasteiger charge is 2.00. The number of hydrogen-bond acceptors (Lipinski definition) is 2. The van der Waals surface area contributed by atoms with Crippen LogP contribution in [0.3, 0.4) is 0 Å². The maximum atomic E-state index is 4.33. The van der Waals surface area contributed by atoms with Crippen molar-refractivity contribution in [3.8, 4) is 0 Å². The molecule has 0 bridgehead atoms. The van der Waals surface area contributed by atoms with Crippen LogP contribution in [0.1, 0.15) is 5.69 Å². The van der Waals surface area contributed by atoms with Crippen LogP contribution in [0, 0.1) is 10.5 Å². The third kappa shape index (κ3) is 1.11. The minimum atomic E-state index is 0.936. The van der Waals surface area contributed by atoms with E-state index >= 15 is 0 Å². The summed E-state index contributed by atoms with van der Waals surface area (Å²) in [5.41, 5.74) is 1.96. The van der Waals surface area contributed by atoms with Crippen molar-refractivity contribution >= 4 is 28.2 Å². The Bertz CT molecular complexity index is 393. The van der Waals surface area contributed by atoms with Crippen molar-refractivity contribution in [1.29, 1.82) is 0 Å². The lowest BCUT2D eigenvalue weighted by Crippen LogP contribution is -1.90. The largest absolute Gasteiger partial charge is 0.233 e. The SMILES string of the molecule is Cc1ccn2ncc(I)c2n1. The second-order valence-electron chi connectivity index (χ2n) is 2.33. The van der Waals surface area contributed by atoms with E-state index in [-0.39, 0.29) is 0 Å². The van der Waals surface area contributed by atoms with E-state index in [1.165, 1.54) is 0 Å². The second kappa shape index (κ2) is 2.44. The molecule has 2 aromatic rings. The molecule has 0 aromatic carbocycles. The van der Waals surface area contributed by atoms with Crippen LogP contribution in [0.5, 0.6) is 0 Å². The molecule has 2 rings (SSSR count). The first-order valence-electron chi connectivity index (χ1n) is 3.24. The number of rotatable bonds is 0. The highest BCUT2D eigenvalue weighted by atomic mass is 127. The van der Waals surface area contributed by atoms with Crippen molar-refractivity contribution in [2.45, 2.75) is 6.92 Å². The molecule has 2 heterocycles. The first kappa shape index (κ1) is 7.02. The summed E-state index contributed by atoms with van der Waals surface area (Å²) in [7, 11) is 0. The van der Waals surface area contributed by atoms with Crippen LogP contribution in [0.4, 0.5) is 0 Å². The monoisotopic (exact) mass is 259 g/mol. The zero-order valence-corrected chi connectivity index (χ0v) is 8.11. The Morgan fingerprint density at radius 1 is 1.55 bits per heavy atom. The van der Waals surface area contributed by atoms with Gasteiger partial charge in [0.05, 0.1) is 9.77 Å². The van der Waals surface area contributed by atoms with Gasteiger partial charge in [-0.25, -0.2) is 9.50 Å². The zero-order valence-electron chi connectivity index (χ0n) is 5.95. The molecule has 4 heteroatoms. The third-order valence-electron chi connectivity index (χ3n) is 1.47. The standard InChI is InChI=1S/C7H6IN3/c1-5-2-3-11-7(10-5)6(8)4-9-11/h2-4H,1H3. The lowest BCUT2D eigenvalue weighted by atomic mass is 10.4. The zero-order chi connectivity index (χ0) is 7.84. The summed E-state index contributed by atoms with van der Waals surface area (Å²) in [6, 6.07) is 1.94. The fourth-order valence-corrected chi connectivity index (χ4v) is 1.42. The van der Waals surface area contributed by atoms with Crippen molar-refractivity contribution in [3.05, 3.63) is 27.7 Å². The van der Waals surface area contributed by atoms with E-state index in [2.05, 4.69) is 32.7 Å². The van der Waals surface area contributed by atoms with Crippen molar-refractivity contribution in [2.24, 2.45) is 0 Å². The number of aryl methyl sites for hydroxylation is 1. The van der Waals surface area contributed by atoms with Gasteiger partial charge in [-0.05, 0) is 35.6 Å². The molecule has 0 radical (unpaired) electrons. The van der Waals surface area contributed by atoms with E-state index in [4.69, 9.17) is 0 Å². The van der Waals surface area contributed by atoms with E-state index in [1.807, 2.05) is 25.4 Å². The summed E-state index contributed by atoms with van der Waals surface area (Å²) in [5, 5.41) is 4.11. The van der Waals surface area contributed by atoms with Gasteiger partial charge in [-0.3, -0.25) is 0 Å². The average Bonchev–Trinajstić information content (AvgIpc) is 2.33. The van der Waals surface area contributed by atoms with E-state index in [9.17, 15) is 0 Å². The Hall–Kier alpha value is -0.650. The predicted octanol–water partition coefficient (Wildman–Crippen LogP) is 1.64. The van der Waals surface area contributed by atoms with Crippen LogP contribution in [-0.4, -0.2) is 14.6 Å². The van der Waals surface area contributed by atoms with Crippen LogP contribution in [0.2, 0.25) is 0 Å². The maximum Gasteiger partial charge on any atom is 0.168 e. The number of fused-ring (bicyclic) bond motifs is 1. The molecule has 0 unspecified atom stereocenters. The van der Waals surface area contributed by atoms with Crippen LogP contribution in [0.25, 0.3) is 5.65 Å². The Balaban J connectivity index is 2.87. The van der Waals surface area contributed by atoms with Gasteiger partial charge in [0.15, 0.2) is 5.65 Å². The lowest BCUT2D eigenvalue weighted by Gasteiger charge is -1.93. The quantitative estimate of drug-likeness (QED) is 0.673. The summed E-state index contributed by atoms with van der Waals surface area (Å²) in [6.07, 6.45) is 3.72. The van der Waals surface area contributed by atoms with Crippen molar-refractivity contribution in [1.82, 2.24) is 14.6 Å². The van der Waals surface area contributed by atoms with Crippen molar-refractivity contribution in [3.63, 3.8) is 0 Å². The van der Waals surface area contributed by atoms with Crippen LogP contribution >= 0.6 is 22.6 Å². The molecule has 11 heavy (non-hydrogen) atoms. The van der Waals surface area contributed by atoms with E-state index < -0.39 is 0 Å². The normalized spacial score (nSPS) is 10.7. The smallest absolute Gasteiger partial charge is 0.168 e. The lowest BCUT2D eigenvalue weighted by molar-refractivity contribution is 0.929. The highest BCUT2D eigenvalue weighted by molar-refractivity contribution is 14.1. The molecular formula is C7H6IN3. The molecule has 0 saturated heterocycles. The van der Waals surface area contributed by atoms with Crippen molar-refractivity contribution < 1.29 is 0 Å². The highest BCUT2D eigenvalue weighted by Crippen LogP contribution is 2.10. The van der Waals surface area contributed by atoms with E-state index in [0.717, 1.165) is 14.9 Å². The minimum absolute atomic E-state index is 0.936. The van der Waals surface area contributed by atoms with Crippen LogP contribution < -0.4 is 0 Å². The molecule has 0 aliphatic heterocycles. The number of halogens is 1. The molecule has 0 aliphatic carbocycles. The van der Waals surface area contributed by atoms with Crippen LogP contribution in [0.15, 0.2) is 18.5 Å². The molecule has 56 valence electrons. The molecular weight excluding hydrogens is 253 g/mol. The van der Waals surface area contributed by atoms with Gasteiger partial charge in [-0.2, -0.15) is 5.10 Å². The van der Waals surface area contributed by atoms with Gasteiger partial charge in [0.25, 0.3) is 0 Å². The molecule has 0 spiro atoms. The Labute approximate surface area is 77.6 Å². The molecule has 0 amide bonds. The molecule has 0 fully saturated rings. The topological polar surface area (TPSA) is 30.2 Å². The molecule has 0 aliphatic rings. The average molecular weight is 259 g/mol. The molecule has 0 atom stereocenters. The fraction of sp³-hybridized carbons (Fsp3) is 0.143. The first-order chi connectivity index (χ1) is 5.27. The van der Waals surface area contributed by atoms with Crippen LogP contribution in [-0.2, 0) is 0 Å². The molecule has 2 aromatic heterocycles. The van der Waals surface area contributed by atoms with Gasteiger partial charge in [0, 0.05) is 11.9 Å². The van der Waals surface area contributed by atoms with Crippen molar-refractivity contribution in [2.75, 3.05) is 0 Å². The molecule has 0 saturated carbocycles. The third-order valence-corrected chi connectivity index (χ3v) is 2.23. The maximum absolute atomic E-state index is 4.33. The van der Waals surface area contributed by atoms with E-state index in [1.54, 1.807) is 4.52 Å². The molecule has 0 N–H and O–H groups in total. The summed E-state index contributed by atoms with van der Waals surface area (Å²) in [4.78, 5) is 4.33. The van der Waals surface area contributed by atoms with Gasteiger partial charge in [-0.15, -0.1) is 0 Å². The fourth-order valence-electron chi connectivity index (χ4n) is 0.931. The minimum Gasteiger partial charge on any atom is -0.233 e. The summed E-state index contributed by atoms with van der Waals surface area (Å²) >= 11 is 2.22. The number of nitrogens with zero attached hydrogens (tertiary/aromatic N) is 3. The Kier molecular flexibility index (Phi) is 1.56. The summed E-state index contributed by atoms with van der Waals surface area (Å²) in [5.74, 6) is 0. The molecule has 3 nitrogen and oxygen atoms in total. The summed E-state index contributed by atoms with van der Waals surface area (Å²) in [6.45, 7) is 1.98. The number of hydrogen-bond donors (Lipinski definition) is 0. The summed E-state index contributed by atoms with van der Waals surface area (Å²) < 4.78 is 2.86. The van der Waals surface area contributed by atoms with Gasteiger partial charge in [0.2, 0.25) is 0 Å². The van der Waals surface area contributed by atoms with Gasteiger partial charge in [-0.1, -0.05) is 0 Å². The Morgan fingerprint density at radius 3 is 3.18 bits per heavy atom. The first-order valence-corrected chi connectivity index (χ1v) is 4.32. The van der Waals surface area contributed by atoms with E-state index in [0.29, 0.717) is 0 Å². The van der Waals surface area contributed by atoms with Gasteiger partial charge < -0.3 is 0 Å². The number of aromatic nitrogens is 3. The van der Waals surface area contributed by atoms with Gasteiger partial charge >= 0.3 is 0 Å². The van der Waals surface area contributed by atoms with Gasteiger partial charge in [0.1, 0.15) is 0 Å². The Morgan fingerprint density at radius 2 is 2.36 bits per heavy atom. The predicted molar refractivity (Wildman–Crippen MR) is 50.4 cm³/mol. The second-order valence-corrected chi connectivity index (χ2v) is 3.49.